The summed E-state index contributed by atoms with van der Waals surface area (Å²) in [6.07, 6.45) is 3.24. The number of rotatable bonds is 5. The van der Waals surface area contributed by atoms with Crippen LogP contribution in [0.4, 0.5) is 0 Å². The molecule has 148 valence electrons. The zero-order valence-corrected chi connectivity index (χ0v) is 16.8. The zero-order valence-electron chi connectivity index (χ0n) is 15.2. The molecule has 1 amide bonds. The van der Waals surface area contributed by atoms with Gasteiger partial charge in [0.05, 0.1) is 13.2 Å². The number of piperazine rings is 1. The SMILES string of the molecule is Cl.Cl.O=C(CCN1CCC(CN2CCOCC2)CC1)N1CCNCC1. The van der Waals surface area contributed by atoms with Gasteiger partial charge in [-0.25, -0.2) is 0 Å². The topological polar surface area (TPSA) is 48.1 Å². The molecule has 3 heterocycles. The Morgan fingerprint density at radius 3 is 2.20 bits per heavy atom. The lowest BCUT2D eigenvalue weighted by atomic mass is 9.96. The first-order valence-corrected chi connectivity index (χ1v) is 9.32. The van der Waals surface area contributed by atoms with E-state index < -0.39 is 0 Å². The van der Waals surface area contributed by atoms with Crippen molar-refractivity contribution in [3.05, 3.63) is 0 Å². The molecule has 0 aromatic heterocycles. The van der Waals surface area contributed by atoms with E-state index in [-0.39, 0.29) is 24.8 Å². The summed E-state index contributed by atoms with van der Waals surface area (Å²) in [5, 5.41) is 3.30. The molecule has 0 spiro atoms. The summed E-state index contributed by atoms with van der Waals surface area (Å²) >= 11 is 0. The second-order valence-electron chi connectivity index (χ2n) is 7.08. The first-order valence-electron chi connectivity index (χ1n) is 9.32. The summed E-state index contributed by atoms with van der Waals surface area (Å²) in [5.41, 5.74) is 0. The fourth-order valence-corrected chi connectivity index (χ4v) is 3.87. The lowest BCUT2D eigenvalue weighted by molar-refractivity contribution is -0.132. The lowest BCUT2D eigenvalue weighted by Gasteiger charge is -2.36. The molecule has 3 aliphatic rings. The third kappa shape index (κ3) is 7.57. The van der Waals surface area contributed by atoms with Crippen molar-refractivity contribution in [3.8, 4) is 0 Å². The molecule has 3 aliphatic heterocycles. The van der Waals surface area contributed by atoms with Gasteiger partial charge in [-0.15, -0.1) is 24.8 Å². The lowest BCUT2D eigenvalue weighted by Crippen LogP contribution is -2.47. The quantitative estimate of drug-likeness (QED) is 0.740. The van der Waals surface area contributed by atoms with Crippen molar-refractivity contribution >= 4 is 30.7 Å². The minimum absolute atomic E-state index is 0. The Morgan fingerprint density at radius 2 is 1.56 bits per heavy atom. The van der Waals surface area contributed by atoms with Crippen LogP contribution in [0.2, 0.25) is 0 Å². The largest absolute Gasteiger partial charge is 0.379 e. The summed E-state index contributed by atoms with van der Waals surface area (Å²) in [4.78, 5) is 19.3. The highest BCUT2D eigenvalue weighted by Crippen LogP contribution is 2.19. The molecule has 0 saturated carbocycles. The number of halogens is 2. The molecule has 0 aromatic carbocycles. The van der Waals surface area contributed by atoms with Crippen molar-refractivity contribution < 1.29 is 9.53 Å². The molecule has 8 heteroatoms. The summed E-state index contributed by atoms with van der Waals surface area (Å²) < 4.78 is 5.42. The van der Waals surface area contributed by atoms with Gasteiger partial charge in [0.15, 0.2) is 0 Å². The van der Waals surface area contributed by atoms with Crippen LogP contribution in [0.3, 0.4) is 0 Å². The van der Waals surface area contributed by atoms with Crippen molar-refractivity contribution in [2.45, 2.75) is 19.3 Å². The maximum Gasteiger partial charge on any atom is 0.223 e. The van der Waals surface area contributed by atoms with Gasteiger partial charge in [-0.3, -0.25) is 9.69 Å². The fourth-order valence-electron chi connectivity index (χ4n) is 3.87. The van der Waals surface area contributed by atoms with Gasteiger partial charge in [0.1, 0.15) is 0 Å². The summed E-state index contributed by atoms with van der Waals surface area (Å²) in [6, 6.07) is 0. The van der Waals surface area contributed by atoms with Crippen molar-refractivity contribution in [2.24, 2.45) is 5.92 Å². The second kappa shape index (κ2) is 12.3. The molecule has 0 bridgehead atoms. The normalized spacial score (nSPS) is 23.6. The third-order valence-corrected chi connectivity index (χ3v) is 5.44. The maximum absolute atomic E-state index is 12.2. The van der Waals surface area contributed by atoms with Crippen molar-refractivity contribution in [3.63, 3.8) is 0 Å². The highest BCUT2D eigenvalue weighted by molar-refractivity contribution is 5.85. The van der Waals surface area contributed by atoms with Crippen LogP contribution in [-0.4, -0.2) is 99.3 Å². The number of piperidine rings is 1. The standard InChI is InChI=1S/C17H32N4O2.2ClH/c22-17(21-9-4-18-5-10-21)3-8-19-6-1-16(2-7-19)15-20-11-13-23-14-12-20;;/h16,18H,1-15H2;2*1H. The van der Waals surface area contributed by atoms with Crippen LogP contribution >= 0.6 is 24.8 Å². The number of carbonyl (C=O) groups excluding carboxylic acids is 1. The average Bonchev–Trinajstić information content (AvgIpc) is 2.62. The van der Waals surface area contributed by atoms with E-state index in [0.29, 0.717) is 12.3 Å². The van der Waals surface area contributed by atoms with Gasteiger partial charge < -0.3 is 19.9 Å². The molecule has 3 rings (SSSR count). The number of hydrogen-bond donors (Lipinski definition) is 1. The molecule has 0 aliphatic carbocycles. The number of hydrogen-bond acceptors (Lipinski definition) is 5. The average molecular weight is 397 g/mol. The number of ether oxygens (including phenoxy) is 1. The Kier molecular flexibility index (Phi) is 11.3. The number of carbonyl (C=O) groups is 1. The van der Waals surface area contributed by atoms with E-state index in [0.717, 1.165) is 78.0 Å². The molecule has 3 saturated heterocycles. The number of morpholine rings is 1. The van der Waals surface area contributed by atoms with Gasteiger partial charge in [-0.2, -0.15) is 0 Å². The Hall–Kier alpha value is -0.110. The number of likely N-dealkylation sites (tertiary alicyclic amines) is 1. The van der Waals surface area contributed by atoms with Crippen LogP contribution < -0.4 is 5.32 Å². The predicted molar refractivity (Wildman–Crippen MR) is 105 cm³/mol. The van der Waals surface area contributed by atoms with Gasteiger partial charge >= 0.3 is 0 Å². The minimum atomic E-state index is 0. The molecule has 1 N–H and O–H groups in total. The fraction of sp³-hybridized carbons (Fsp3) is 0.941. The molecule has 0 aromatic rings. The highest BCUT2D eigenvalue weighted by Gasteiger charge is 2.23. The van der Waals surface area contributed by atoms with Gasteiger partial charge in [0.2, 0.25) is 5.91 Å². The Labute approximate surface area is 164 Å². The van der Waals surface area contributed by atoms with E-state index in [9.17, 15) is 4.79 Å². The molecular weight excluding hydrogens is 363 g/mol. The van der Waals surface area contributed by atoms with E-state index in [4.69, 9.17) is 4.74 Å². The van der Waals surface area contributed by atoms with Crippen LogP contribution in [0, 0.1) is 5.92 Å². The molecule has 25 heavy (non-hydrogen) atoms. The first kappa shape index (κ1) is 22.9. The summed E-state index contributed by atoms with van der Waals surface area (Å²) in [6.45, 7) is 12.1. The van der Waals surface area contributed by atoms with Crippen LogP contribution in [0.15, 0.2) is 0 Å². The first-order chi connectivity index (χ1) is 11.3. The van der Waals surface area contributed by atoms with Crippen LogP contribution in [0.5, 0.6) is 0 Å². The molecule has 0 radical (unpaired) electrons. The third-order valence-electron chi connectivity index (χ3n) is 5.44. The van der Waals surface area contributed by atoms with Crippen LogP contribution in [0.25, 0.3) is 0 Å². The molecule has 0 unspecified atom stereocenters. The van der Waals surface area contributed by atoms with E-state index in [1.165, 1.54) is 19.4 Å². The summed E-state index contributed by atoms with van der Waals surface area (Å²) in [7, 11) is 0. The second-order valence-corrected chi connectivity index (χ2v) is 7.08. The van der Waals surface area contributed by atoms with E-state index >= 15 is 0 Å². The predicted octanol–water partition coefficient (Wildman–Crippen LogP) is 0.696. The Bertz CT molecular complexity index is 370. The number of nitrogens with zero attached hydrogens (tertiary/aromatic N) is 3. The van der Waals surface area contributed by atoms with Gasteiger partial charge in [-0.05, 0) is 31.8 Å². The van der Waals surface area contributed by atoms with Crippen LogP contribution in [0.1, 0.15) is 19.3 Å². The van der Waals surface area contributed by atoms with Crippen molar-refractivity contribution in [2.75, 3.05) is 78.7 Å². The van der Waals surface area contributed by atoms with Crippen molar-refractivity contribution in [1.29, 1.82) is 0 Å². The zero-order chi connectivity index (χ0) is 15.9. The molecule has 0 atom stereocenters. The minimum Gasteiger partial charge on any atom is -0.379 e. The summed E-state index contributed by atoms with van der Waals surface area (Å²) in [5.74, 6) is 1.16. The molecule has 6 nitrogen and oxygen atoms in total. The maximum atomic E-state index is 12.2. The molecular formula is C17H34Cl2N4O2. The van der Waals surface area contributed by atoms with Crippen LogP contribution in [-0.2, 0) is 9.53 Å². The Balaban J connectivity index is 0.00000156. The van der Waals surface area contributed by atoms with Crippen molar-refractivity contribution in [1.82, 2.24) is 20.0 Å². The monoisotopic (exact) mass is 396 g/mol. The molecule has 3 fully saturated rings. The van der Waals surface area contributed by atoms with E-state index in [1.54, 1.807) is 0 Å². The van der Waals surface area contributed by atoms with Gasteiger partial charge in [0.25, 0.3) is 0 Å². The van der Waals surface area contributed by atoms with Gasteiger partial charge in [-0.1, -0.05) is 0 Å². The highest BCUT2D eigenvalue weighted by atomic mass is 35.5. The Morgan fingerprint density at radius 1 is 0.920 bits per heavy atom. The van der Waals surface area contributed by atoms with E-state index in [1.807, 2.05) is 4.90 Å². The van der Waals surface area contributed by atoms with E-state index in [2.05, 4.69) is 15.1 Å². The smallest absolute Gasteiger partial charge is 0.223 e. The van der Waals surface area contributed by atoms with Gasteiger partial charge in [0, 0.05) is 58.8 Å². The number of amides is 1. The number of nitrogens with one attached hydrogen (secondary N) is 1.